The minimum Gasteiger partial charge on any atom is -0.503 e. The number of carbonyl (C=O) groups is 2. The maximum absolute atomic E-state index is 13.2. The number of rotatable bonds is 9. The average molecular weight is 470 g/mol. The number of hydrogen-bond donors (Lipinski definition) is 1. The highest BCUT2D eigenvalue weighted by Gasteiger charge is 2.42. The van der Waals surface area contributed by atoms with Crippen molar-refractivity contribution in [3.63, 3.8) is 0 Å². The van der Waals surface area contributed by atoms with E-state index in [1.807, 2.05) is 78.9 Å². The summed E-state index contributed by atoms with van der Waals surface area (Å²) in [7, 11) is 3.14. The molecule has 6 heteroatoms. The molecule has 1 aliphatic heterocycles. The Morgan fingerprint density at radius 2 is 1.60 bits per heavy atom. The Morgan fingerprint density at radius 1 is 0.943 bits per heavy atom. The van der Waals surface area contributed by atoms with Crippen LogP contribution < -0.4 is 9.47 Å². The van der Waals surface area contributed by atoms with Gasteiger partial charge in [0.15, 0.2) is 23.0 Å². The number of carbonyl (C=O) groups excluding carboxylic acids is 2. The first-order chi connectivity index (χ1) is 17.0. The Hall–Kier alpha value is -4.32. The predicted molar refractivity (Wildman–Crippen MR) is 134 cm³/mol. The van der Waals surface area contributed by atoms with Crippen LogP contribution in [0.4, 0.5) is 0 Å². The highest BCUT2D eigenvalue weighted by atomic mass is 16.5. The molecule has 0 radical (unpaired) electrons. The highest BCUT2D eigenvalue weighted by molar-refractivity contribution is 6.14. The lowest BCUT2D eigenvalue weighted by Crippen LogP contribution is -2.33. The van der Waals surface area contributed by atoms with Gasteiger partial charge in [0.25, 0.3) is 5.91 Å². The normalized spacial score (nSPS) is 15.7. The lowest BCUT2D eigenvalue weighted by Gasteiger charge is -2.26. The van der Waals surface area contributed by atoms with Crippen molar-refractivity contribution in [3.05, 3.63) is 113 Å². The van der Waals surface area contributed by atoms with Gasteiger partial charge in [0.1, 0.15) is 0 Å². The van der Waals surface area contributed by atoms with Gasteiger partial charge in [-0.25, -0.2) is 0 Å². The number of methoxy groups -OCH3 is 2. The Kier molecular flexibility index (Phi) is 7.31. The molecule has 0 aromatic heterocycles. The van der Waals surface area contributed by atoms with Crippen LogP contribution in [0.1, 0.15) is 22.7 Å². The maximum atomic E-state index is 13.2. The van der Waals surface area contributed by atoms with Crippen molar-refractivity contribution in [1.82, 2.24) is 4.90 Å². The molecular weight excluding hydrogens is 442 g/mol. The maximum Gasteiger partial charge on any atom is 0.290 e. The van der Waals surface area contributed by atoms with Crippen LogP contribution in [0, 0.1) is 0 Å². The first kappa shape index (κ1) is 23.8. The molecular formula is C29H27NO5. The van der Waals surface area contributed by atoms with Gasteiger partial charge in [-0.1, -0.05) is 72.8 Å². The number of aliphatic hydroxyl groups is 1. The Labute approximate surface area is 204 Å². The number of ketones is 1. The molecule has 4 rings (SSSR count). The average Bonchev–Trinajstić information content (AvgIpc) is 3.16. The summed E-state index contributed by atoms with van der Waals surface area (Å²) in [6.07, 6.45) is 3.59. The van der Waals surface area contributed by atoms with Crippen LogP contribution in [0.5, 0.6) is 11.5 Å². The van der Waals surface area contributed by atoms with Crippen molar-refractivity contribution in [2.75, 3.05) is 20.8 Å². The Bertz CT molecular complexity index is 1260. The van der Waals surface area contributed by atoms with Crippen molar-refractivity contribution in [3.8, 4) is 11.5 Å². The molecule has 1 N–H and O–H groups in total. The van der Waals surface area contributed by atoms with Crippen molar-refractivity contribution >= 4 is 17.8 Å². The van der Waals surface area contributed by atoms with Crippen LogP contribution in [0.2, 0.25) is 0 Å². The van der Waals surface area contributed by atoms with E-state index in [2.05, 4.69) is 0 Å². The highest BCUT2D eigenvalue weighted by Crippen LogP contribution is 2.38. The van der Waals surface area contributed by atoms with Gasteiger partial charge < -0.3 is 19.5 Å². The van der Waals surface area contributed by atoms with Crippen molar-refractivity contribution in [2.24, 2.45) is 0 Å². The van der Waals surface area contributed by atoms with E-state index in [9.17, 15) is 14.7 Å². The molecule has 1 atom stereocenters. The van der Waals surface area contributed by atoms with Gasteiger partial charge >= 0.3 is 0 Å². The smallest absolute Gasteiger partial charge is 0.290 e. The minimum atomic E-state index is -0.684. The summed E-state index contributed by atoms with van der Waals surface area (Å²) in [4.78, 5) is 27.9. The molecule has 1 heterocycles. The van der Waals surface area contributed by atoms with Gasteiger partial charge in [0.05, 0.1) is 25.8 Å². The molecule has 0 saturated heterocycles. The molecule has 178 valence electrons. The number of hydrogen-bond acceptors (Lipinski definition) is 5. The van der Waals surface area contributed by atoms with Gasteiger partial charge in [0, 0.05) is 6.54 Å². The molecule has 0 bridgehead atoms. The number of ether oxygens (including phenoxy) is 2. The molecule has 3 aromatic carbocycles. The quantitative estimate of drug-likeness (QED) is 0.450. The van der Waals surface area contributed by atoms with Crippen molar-refractivity contribution < 1.29 is 24.2 Å². The van der Waals surface area contributed by atoms with E-state index in [-0.39, 0.29) is 5.57 Å². The van der Waals surface area contributed by atoms with Crippen LogP contribution in [0.15, 0.2) is 96.3 Å². The number of benzene rings is 3. The second-order valence-corrected chi connectivity index (χ2v) is 8.12. The largest absolute Gasteiger partial charge is 0.503 e. The molecule has 0 aliphatic carbocycles. The van der Waals surface area contributed by atoms with E-state index in [4.69, 9.17) is 9.47 Å². The van der Waals surface area contributed by atoms with Crippen LogP contribution in [0.3, 0.4) is 0 Å². The Morgan fingerprint density at radius 3 is 2.26 bits per heavy atom. The third kappa shape index (κ3) is 5.11. The monoisotopic (exact) mass is 469 g/mol. The van der Waals surface area contributed by atoms with Crippen molar-refractivity contribution in [2.45, 2.75) is 12.5 Å². The van der Waals surface area contributed by atoms with E-state index in [1.165, 1.54) is 6.08 Å². The predicted octanol–water partition coefficient (Wildman–Crippen LogP) is 4.92. The molecule has 0 unspecified atom stereocenters. The summed E-state index contributed by atoms with van der Waals surface area (Å²) >= 11 is 0. The summed E-state index contributed by atoms with van der Waals surface area (Å²) in [5, 5.41) is 10.8. The minimum absolute atomic E-state index is 0.0840. The molecule has 0 spiro atoms. The molecule has 0 fully saturated rings. The molecule has 35 heavy (non-hydrogen) atoms. The SMILES string of the molecule is COc1ccc(CCN2C(=O)C(O)=C(C(=O)/C=C/c3ccccc3)[C@@H]2c2ccccc2)cc1OC. The second kappa shape index (κ2) is 10.7. The van der Waals surface area contributed by atoms with E-state index in [0.29, 0.717) is 24.5 Å². The van der Waals surface area contributed by atoms with Crippen molar-refractivity contribution in [1.29, 1.82) is 0 Å². The van der Waals surface area contributed by atoms with Gasteiger partial charge in [-0.2, -0.15) is 0 Å². The summed E-state index contributed by atoms with van der Waals surface area (Å²) in [5.74, 6) is -0.250. The third-order valence-electron chi connectivity index (χ3n) is 6.00. The topological polar surface area (TPSA) is 76.1 Å². The van der Waals surface area contributed by atoms with Gasteiger partial charge in [0.2, 0.25) is 0 Å². The van der Waals surface area contributed by atoms with E-state index < -0.39 is 23.5 Å². The lowest BCUT2D eigenvalue weighted by atomic mass is 9.95. The number of aliphatic hydroxyl groups excluding tert-OH is 1. The summed E-state index contributed by atoms with van der Waals surface area (Å²) in [5.41, 5.74) is 2.63. The van der Waals surface area contributed by atoms with E-state index in [0.717, 1.165) is 16.7 Å². The molecule has 3 aromatic rings. The summed E-state index contributed by atoms with van der Waals surface area (Å²) < 4.78 is 10.7. The fourth-order valence-corrected chi connectivity index (χ4v) is 4.23. The molecule has 1 aliphatic rings. The number of allylic oxidation sites excluding steroid dienone is 1. The molecule has 1 amide bonds. The standard InChI is InChI=1S/C29H27NO5/c1-34-24-16-14-21(19-25(24)35-2)17-18-30-27(22-11-7-4-8-12-22)26(28(32)29(30)33)23(31)15-13-20-9-5-3-6-10-20/h3-16,19,27,32H,17-18H2,1-2H3/b15-13+/t27-/m0/s1. The number of nitrogens with zero attached hydrogens (tertiary/aromatic N) is 1. The van der Waals surface area contributed by atoms with Crippen LogP contribution in [0.25, 0.3) is 6.08 Å². The zero-order chi connectivity index (χ0) is 24.8. The molecule has 0 saturated carbocycles. The summed E-state index contributed by atoms with van der Waals surface area (Å²) in [6, 6.07) is 23.6. The zero-order valence-electron chi connectivity index (χ0n) is 19.7. The fourth-order valence-electron chi connectivity index (χ4n) is 4.23. The van der Waals surface area contributed by atoms with Crippen LogP contribution in [-0.4, -0.2) is 42.5 Å². The van der Waals surface area contributed by atoms with E-state index in [1.54, 1.807) is 25.2 Å². The van der Waals surface area contributed by atoms with Gasteiger partial charge in [-0.15, -0.1) is 0 Å². The van der Waals surface area contributed by atoms with Crippen LogP contribution in [-0.2, 0) is 16.0 Å². The van der Waals surface area contributed by atoms with Gasteiger partial charge in [-0.05, 0) is 41.3 Å². The third-order valence-corrected chi connectivity index (χ3v) is 6.00. The fraction of sp³-hybridized carbons (Fsp3) is 0.172. The first-order valence-corrected chi connectivity index (χ1v) is 11.3. The molecule has 6 nitrogen and oxygen atoms in total. The Balaban J connectivity index is 1.62. The lowest BCUT2D eigenvalue weighted by molar-refractivity contribution is -0.129. The number of amides is 1. The zero-order valence-corrected chi connectivity index (χ0v) is 19.7. The second-order valence-electron chi connectivity index (χ2n) is 8.12. The van der Waals surface area contributed by atoms with Gasteiger partial charge in [-0.3, -0.25) is 9.59 Å². The summed E-state index contributed by atoms with van der Waals surface area (Å²) in [6.45, 7) is 0.303. The first-order valence-electron chi connectivity index (χ1n) is 11.3. The van der Waals surface area contributed by atoms with Crippen LogP contribution >= 0.6 is 0 Å². The van der Waals surface area contributed by atoms with E-state index >= 15 is 0 Å².